The van der Waals surface area contributed by atoms with Crippen LogP contribution in [-0.2, 0) is 4.79 Å². The number of nitrogens with one attached hydrogen (secondary N) is 1. The van der Waals surface area contributed by atoms with Gasteiger partial charge in [0.2, 0.25) is 0 Å². The first-order valence-electron chi connectivity index (χ1n) is 6.28. The minimum atomic E-state index is -0.355. The summed E-state index contributed by atoms with van der Waals surface area (Å²) < 4.78 is 5.27. The maximum absolute atomic E-state index is 11.5. The van der Waals surface area contributed by atoms with Gasteiger partial charge in [-0.05, 0) is 29.8 Å². The summed E-state index contributed by atoms with van der Waals surface area (Å²) in [7, 11) is 0. The molecule has 0 bridgehead atoms. The summed E-state index contributed by atoms with van der Waals surface area (Å²) in [5, 5.41) is 12.5. The monoisotopic (exact) mass is 279 g/mol. The molecule has 0 fully saturated rings. The van der Waals surface area contributed by atoms with E-state index in [1.54, 1.807) is 30.5 Å². The highest BCUT2D eigenvalue weighted by Crippen LogP contribution is 2.11. The van der Waals surface area contributed by atoms with Crippen molar-refractivity contribution in [3.8, 4) is 11.8 Å². The largest absolute Gasteiger partial charge is 0.484 e. The lowest BCUT2D eigenvalue weighted by atomic mass is 10.2. The van der Waals surface area contributed by atoms with Crippen LogP contribution in [0.2, 0.25) is 0 Å². The number of carbonyl (C=O) groups is 1. The molecule has 0 unspecified atom stereocenters. The second-order valence-corrected chi connectivity index (χ2v) is 4.13. The van der Waals surface area contributed by atoms with Gasteiger partial charge in [-0.3, -0.25) is 4.79 Å². The summed E-state index contributed by atoms with van der Waals surface area (Å²) in [5.74, 6) is 0.169. The lowest BCUT2D eigenvalue weighted by Crippen LogP contribution is -2.24. The average Bonchev–Trinajstić information content (AvgIpc) is 2.54. The number of hydrazone groups is 1. The summed E-state index contributed by atoms with van der Waals surface area (Å²) in [5.41, 5.74) is 3.81. The van der Waals surface area contributed by atoms with Crippen LogP contribution in [0.5, 0.6) is 5.75 Å². The van der Waals surface area contributed by atoms with E-state index < -0.39 is 0 Å². The van der Waals surface area contributed by atoms with Crippen molar-refractivity contribution in [2.24, 2.45) is 5.10 Å². The Morgan fingerprint density at radius 3 is 2.57 bits per heavy atom. The van der Waals surface area contributed by atoms with Gasteiger partial charge in [0.15, 0.2) is 6.61 Å². The quantitative estimate of drug-likeness (QED) is 0.672. The number of rotatable bonds is 5. The van der Waals surface area contributed by atoms with E-state index in [9.17, 15) is 4.79 Å². The van der Waals surface area contributed by atoms with Gasteiger partial charge < -0.3 is 4.74 Å². The molecule has 0 heterocycles. The van der Waals surface area contributed by atoms with Crippen molar-refractivity contribution in [1.82, 2.24) is 5.43 Å². The van der Waals surface area contributed by atoms with Gasteiger partial charge in [0.1, 0.15) is 5.75 Å². The molecule has 0 aliphatic heterocycles. The summed E-state index contributed by atoms with van der Waals surface area (Å²) in [6, 6.07) is 18.0. The number of amides is 1. The van der Waals surface area contributed by atoms with Crippen LogP contribution < -0.4 is 10.2 Å². The Kier molecular flexibility index (Phi) is 5.07. The fourth-order valence-corrected chi connectivity index (χ4v) is 1.52. The van der Waals surface area contributed by atoms with Crippen molar-refractivity contribution in [2.75, 3.05) is 6.61 Å². The maximum Gasteiger partial charge on any atom is 0.277 e. The van der Waals surface area contributed by atoms with E-state index in [1.807, 2.05) is 36.4 Å². The molecule has 21 heavy (non-hydrogen) atoms. The van der Waals surface area contributed by atoms with Crippen LogP contribution in [0.1, 0.15) is 11.1 Å². The number of benzene rings is 2. The molecule has 1 N–H and O–H groups in total. The summed E-state index contributed by atoms with van der Waals surface area (Å²) in [4.78, 5) is 11.5. The van der Waals surface area contributed by atoms with Gasteiger partial charge in [0.05, 0.1) is 17.8 Å². The second kappa shape index (κ2) is 7.46. The lowest BCUT2D eigenvalue weighted by Gasteiger charge is -2.04. The smallest absolute Gasteiger partial charge is 0.277 e. The molecule has 2 aromatic rings. The topological polar surface area (TPSA) is 74.5 Å². The van der Waals surface area contributed by atoms with Gasteiger partial charge >= 0.3 is 0 Å². The molecular weight excluding hydrogens is 266 g/mol. The normalized spacial score (nSPS) is 10.0. The van der Waals surface area contributed by atoms with E-state index in [2.05, 4.69) is 10.5 Å². The van der Waals surface area contributed by atoms with Crippen LogP contribution >= 0.6 is 0 Å². The van der Waals surface area contributed by atoms with Crippen LogP contribution in [0.25, 0.3) is 0 Å². The third-order valence-corrected chi connectivity index (χ3v) is 2.56. The van der Waals surface area contributed by atoms with E-state index >= 15 is 0 Å². The van der Waals surface area contributed by atoms with Crippen LogP contribution in [0.3, 0.4) is 0 Å². The lowest BCUT2D eigenvalue weighted by molar-refractivity contribution is -0.123. The van der Waals surface area contributed by atoms with E-state index in [4.69, 9.17) is 10.00 Å². The number of carbonyl (C=O) groups excluding carboxylic acids is 1. The fourth-order valence-electron chi connectivity index (χ4n) is 1.52. The van der Waals surface area contributed by atoms with Crippen molar-refractivity contribution >= 4 is 12.1 Å². The summed E-state index contributed by atoms with van der Waals surface area (Å²) in [6.07, 6.45) is 1.56. The Bertz CT molecular complexity index is 658. The fraction of sp³-hybridized carbons (Fsp3) is 0.0625. The summed E-state index contributed by atoms with van der Waals surface area (Å²) in [6.45, 7) is -0.141. The number of nitrogens with zero attached hydrogens (tertiary/aromatic N) is 2. The Morgan fingerprint density at radius 1 is 1.19 bits per heavy atom. The minimum absolute atomic E-state index is 0.141. The second-order valence-electron chi connectivity index (χ2n) is 4.13. The molecule has 2 aromatic carbocycles. The Labute approximate surface area is 122 Å². The molecule has 104 valence electrons. The molecule has 0 saturated carbocycles. The van der Waals surface area contributed by atoms with Gasteiger partial charge in [-0.2, -0.15) is 10.4 Å². The molecule has 2 rings (SSSR count). The Morgan fingerprint density at radius 2 is 1.90 bits per heavy atom. The highest BCUT2D eigenvalue weighted by Gasteiger charge is 2.01. The molecule has 1 amide bonds. The van der Waals surface area contributed by atoms with Gasteiger partial charge in [-0.15, -0.1) is 0 Å². The first-order valence-corrected chi connectivity index (χ1v) is 6.28. The van der Waals surface area contributed by atoms with E-state index in [0.717, 1.165) is 5.56 Å². The van der Waals surface area contributed by atoms with E-state index in [0.29, 0.717) is 11.3 Å². The molecule has 0 radical (unpaired) electrons. The molecule has 0 spiro atoms. The van der Waals surface area contributed by atoms with Crippen LogP contribution in [0.15, 0.2) is 59.7 Å². The zero-order valence-corrected chi connectivity index (χ0v) is 11.2. The number of hydrogen-bond donors (Lipinski definition) is 1. The Balaban J connectivity index is 1.77. The molecule has 0 aromatic heterocycles. The third-order valence-electron chi connectivity index (χ3n) is 2.56. The Hall–Kier alpha value is -3.13. The molecule has 0 aliphatic rings. The SMILES string of the molecule is N#Cc1ccc(OCC(=O)N/N=C\c2ccccc2)cc1. The van der Waals surface area contributed by atoms with Crippen molar-refractivity contribution in [1.29, 1.82) is 5.26 Å². The predicted octanol–water partition coefficient (Wildman–Crippen LogP) is 2.09. The molecular formula is C16H13N3O2. The standard InChI is InChI=1S/C16H13N3O2/c17-10-13-6-8-15(9-7-13)21-12-16(20)19-18-11-14-4-2-1-3-5-14/h1-9,11H,12H2,(H,19,20)/b18-11-. The molecule has 0 saturated heterocycles. The van der Waals surface area contributed by atoms with Crippen LogP contribution in [-0.4, -0.2) is 18.7 Å². The van der Waals surface area contributed by atoms with Crippen molar-refractivity contribution in [3.63, 3.8) is 0 Å². The zero-order chi connectivity index (χ0) is 14.9. The molecule has 5 heteroatoms. The van der Waals surface area contributed by atoms with E-state index in [1.165, 1.54) is 0 Å². The first-order chi connectivity index (χ1) is 10.3. The summed E-state index contributed by atoms with van der Waals surface area (Å²) >= 11 is 0. The highest BCUT2D eigenvalue weighted by atomic mass is 16.5. The average molecular weight is 279 g/mol. The van der Waals surface area contributed by atoms with Gasteiger partial charge in [0, 0.05) is 0 Å². The number of ether oxygens (including phenoxy) is 1. The first kappa shape index (κ1) is 14.3. The third kappa shape index (κ3) is 4.80. The van der Waals surface area contributed by atoms with Crippen LogP contribution in [0.4, 0.5) is 0 Å². The van der Waals surface area contributed by atoms with Gasteiger partial charge in [-0.25, -0.2) is 5.43 Å². The van der Waals surface area contributed by atoms with Gasteiger partial charge in [-0.1, -0.05) is 30.3 Å². The van der Waals surface area contributed by atoms with Crippen molar-refractivity contribution in [2.45, 2.75) is 0 Å². The predicted molar refractivity (Wildman–Crippen MR) is 78.8 cm³/mol. The number of nitriles is 1. The number of hydrogen-bond acceptors (Lipinski definition) is 4. The molecule has 0 aliphatic carbocycles. The molecule has 5 nitrogen and oxygen atoms in total. The van der Waals surface area contributed by atoms with Gasteiger partial charge in [0.25, 0.3) is 5.91 Å². The highest BCUT2D eigenvalue weighted by molar-refractivity contribution is 5.82. The minimum Gasteiger partial charge on any atom is -0.484 e. The molecule has 0 atom stereocenters. The van der Waals surface area contributed by atoms with Crippen LogP contribution in [0, 0.1) is 11.3 Å². The zero-order valence-electron chi connectivity index (χ0n) is 11.2. The van der Waals surface area contributed by atoms with Crippen molar-refractivity contribution < 1.29 is 9.53 Å². The van der Waals surface area contributed by atoms with E-state index in [-0.39, 0.29) is 12.5 Å². The van der Waals surface area contributed by atoms with Crippen molar-refractivity contribution in [3.05, 3.63) is 65.7 Å². The maximum atomic E-state index is 11.5.